The van der Waals surface area contributed by atoms with Crippen LogP contribution >= 0.6 is 0 Å². The Hall–Kier alpha value is -1.44. The molecule has 0 aliphatic rings. The zero-order chi connectivity index (χ0) is 9.84. The van der Waals surface area contributed by atoms with E-state index in [0.717, 1.165) is 29.0 Å². The highest BCUT2D eigenvalue weighted by molar-refractivity contribution is 5.52. The monoisotopic (exact) mass is 177 g/mol. The molecule has 13 heavy (non-hydrogen) atoms. The SMILES string of the molecule is C=C(C)Cc1ccc(OC)cc1N. The van der Waals surface area contributed by atoms with Crippen LogP contribution in [0.25, 0.3) is 0 Å². The van der Waals surface area contributed by atoms with Gasteiger partial charge in [-0.1, -0.05) is 18.2 Å². The first-order valence-corrected chi connectivity index (χ1v) is 4.20. The van der Waals surface area contributed by atoms with E-state index in [4.69, 9.17) is 10.5 Å². The predicted octanol–water partition coefficient (Wildman–Crippen LogP) is 2.40. The lowest BCUT2D eigenvalue weighted by Crippen LogP contribution is -1.95. The molecule has 1 aromatic rings. The maximum atomic E-state index is 5.82. The van der Waals surface area contributed by atoms with Crippen LogP contribution in [-0.4, -0.2) is 7.11 Å². The van der Waals surface area contributed by atoms with Crippen molar-refractivity contribution in [2.75, 3.05) is 12.8 Å². The Balaban J connectivity index is 2.91. The van der Waals surface area contributed by atoms with Gasteiger partial charge in [-0.05, 0) is 25.0 Å². The molecule has 0 aliphatic carbocycles. The molecule has 0 atom stereocenters. The number of hydrogen-bond acceptors (Lipinski definition) is 2. The van der Waals surface area contributed by atoms with Gasteiger partial charge in [0.15, 0.2) is 0 Å². The van der Waals surface area contributed by atoms with Crippen molar-refractivity contribution in [1.29, 1.82) is 0 Å². The summed E-state index contributed by atoms with van der Waals surface area (Å²) in [6.07, 6.45) is 0.829. The Morgan fingerprint density at radius 2 is 2.23 bits per heavy atom. The van der Waals surface area contributed by atoms with E-state index in [9.17, 15) is 0 Å². The standard InChI is InChI=1S/C11H15NO/c1-8(2)6-9-4-5-10(13-3)7-11(9)12/h4-5,7H,1,6,12H2,2-3H3. The maximum Gasteiger partial charge on any atom is 0.120 e. The number of rotatable bonds is 3. The quantitative estimate of drug-likeness (QED) is 0.568. The smallest absolute Gasteiger partial charge is 0.120 e. The summed E-state index contributed by atoms with van der Waals surface area (Å²) < 4.78 is 5.05. The van der Waals surface area contributed by atoms with E-state index in [2.05, 4.69) is 6.58 Å². The minimum absolute atomic E-state index is 0.766. The van der Waals surface area contributed by atoms with Crippen molar-refractivity contribution >= 4 is 5.69 Å². The van der Waals surface area contributed by atoms with Gasteiger partial charge in [0.05, 0.1) is 7.11 Å². The lowest BCUT2D eigenvalue weighted by Gasteiger charge is -2.07. The minimum atomic E-state index is 0.766. The third-order valence-corrected chi connectivity index (χ3v) is 1.85. The van der Waals surface area contributed by atoms with Gasteiger partial charge in [-0.15, -0.1) is 0 Å². The molecule has 1 rings (SSSR count). The molecule has 70 valence electrons. The van der Waals surface area contributed by atoms with Gasteiger partial charge in [0.25, 0.3) is 0 Å². The van der Waals surface area contributed by atoms with Crippen molar-refractivity contribution in [3.8, 4) is 5.75 Å². The van der Waals surface area contributed by atoms with Crippen molar-refractivity contribution in [1.82, 2.24) is 0 Å². The molecule has 0 aliphatic heterocycles. The molecule has 0 fully saturated rings. The fraction of sp³-hybridized carbons (Fsp3) is 0.273. The molecule has 0 amide bonds. The molecule has 0 saturated heterocycles. The largest absolute Gasteiger partial charge is 0.497 e. The summed E-state index contributed by atoms with van der Waals surface area (Å²) in [5.41, 5.74) is 8.80. The maximum absolute atomic E-state index is 5.82. The van der Waals surface area contributed by atoms with Crippen LogP contribution in [0.3, 0.4) is 0 Å². The van der Waals surface area contributed by atoms with Crippen molar-refractivity contribution in [2.45, 2.75) is 13.3 Å². The van der Waals surface area contributed by atoms with Gasteiger partial charge >= 0.3 is 0 Å². The average molecular weight is 177 g/mol. The van der Waals surface area contributed by atoms with Gasteiger partial charge in [-0.3, -0.25) is 0 Å². The van der Waals surface area contributed by atoms with E-state index < -0.39 is 0 Å². The van der Waals surface area contributed by atoms with Gasteiger partial charge in [-0.25, -0.2) is 0 Å². The third kappa shape index (κ3) is 2.51. The average Bonchev–Trinajstić information content (AvgIpc) is 2.08. The number of nitrogens with two attached hydrogens (primary N) is 1. The fourth-order valence-electron chi connectivity index (χ4n) is 1.19. The molecule has 0 spiro atoms. The second kappa shape index (κ2) is 3.99. The second-order valence-electron chi connectivity index (χ2n) is 3.20. The Labute approximate surface area is 79.0 Å². The van der Waals surface area contributed by atoms with Gasteiger partial charge in [0, 0.05) is 11.8 Å². The number of hydrogen-bond donors (Lipinski definition) is 1. The van der Waals surface area contributed by atoms with Gasteiger partial charge in [0.2, 0.25) is 0 Å². The van der Waals surface area contributed by atoms with E-state index in [1.165, 1.54) is 0 Å². The zero-order valence-corrected chi connectivity index (χ0v) is 8.13. The minimum Gasteiger partial charge on any atom is -0.497 e. The summed E-state index contributed by atoms with van der Waals surface area (Å²) in [5, 5.41) is 0. The van der Waals surface area contributed by atoms with E-state index in [1.807, 2.05) is 25.1 Å². The van der Waals surface area contributed by atoms with E-state index in [-0.39, 0.29) is 0 Å². The molecule has 2 heteroatoms. The molecule has 0 bridgehead atoms. The molecule has 0 aromatic heterocycles. The highest BCUT2D eigenvalue weighted by atomic mass is 16.5. The first kappa shape index (κ1) is 9.65. The third-order valence-electron chi connectivity index (χ3n) is 1.85. The lowest BCUT2D eigenvalue weighted by molar-refractivity contribution is 0.415. The molecule has 2 N–H and O–H groups in total. The van der Waals surface area contributed by atoms with Crippen LogP contribution in [0.1, 0.15) is 12.5 Å². The molecule has 0 saturated carbocycles. The highest BCUT2D eigenvalue weighted by Crippen LogP contribution is 2.21. The van der Waals surface area contributed by atoms with Crippen LogP contribution in [0.4, 0.5) is 5.69 Å². The van der Waals surface area contributed by atoms with Gasteiger partial charge < -0.3 is 10.5 Å². The molecule has 1 aromatic carbocycles. The lowest BCUT2D eigenvalue weighted by atomic mass is 10.1. The van der Waals surface area contributed by atoms with Gasteiger partial charge in [0.1, 0.15) is 5.75 Å². The number of ether oxygens (including phenoxy) is 1. The normalized spacial score (nSPS) is 9.69. The van der Waals surface area contributed by atoms with E-state index >= 15 is 0 Å². The number of nitrogen functional groups attached to an aromatic ring is 1. The summed E-state index contributed by atoms with van der Waals surface area (Å²) in [6.45, 7) is 5.84. The number of benzene rings is 1. The van der Waals surface area contributed by atoms with Crippen LogP contribution in [0.2, 0.25) is 0 Å². The van der Waals surface area contributed by atoms with Crippen molar-refractivity contribution < 1.29 is 4.74 Å². The van der Waals surface area contributed by atoms with Crippen LogP contribution in [0.5, 0.6) is 5.75 Å². The Morgan fingerprint density at radius 1 is 1.54 bits per heavy atom. The molecule has 2 nitrogen and oxygen atoms in total. The van der Waals surface area contributed by atoms with Gasteiger partial charge in [-0.2, -0.15) is 0 Å². The molecule has 0 unspecified atom stereocenters. The Kier molecular flexibility index (Phi) is 2.96. The Morgan fingerprint density at radius 3 is 2.69 bits per heavy atom. The van der Waals surface area contributed by atoms with Crippen LogP contribution < -0.4 is 10.5 Å². The first-order chi connectivity index (χ1) is 6.13. The number of methoxy groups -OCH3 is 1. The Bertz CT molecular complexity index is 318. The summed E-state index contributed by atoms with van der Waals surface area (Å²) >= 11 is 0. The van der Waals surface area contributed by atoms with Crippen LogP contribution in [0.15, 0.2) is 30.4 Å². The molecule has 0 heterocycles. The fourth-order valence-corrected chi connectivity index (χ4v) is 1.19. The topological polar surface area (TPSA) is 35.2 Å². The number of anilines is 1. The summed E-state index contributed by atoms with van der Waals surface area (Å²) in [5.74, 6) is 0.794. The van der Waals surface area contributed by atoms with E-state index in [1.54, 1.807) is 7.11 Å². The highest BCUT2D eigenvalue weighted by Gasteiger charge is 2.00. The molecule has 0 radical (unpaired) electrons. The van der Waals surface area contributed by atoms with E-state index in [0.29, 0.717) is 0 Å². The summed E-state index contributed by atoms with van der Waals surface area (Å²) in [4.78, 5) is 0. The molecular formula is C11H15NO. The van der Waals surface area contributed by atoms with Crippen molar-refractivity contribution in [3.05, 3.63) is 35.9 Å². The first-order valence-electron chi connectivity index (χ1n) is 4.20. The summed E-state index contributed by atoms with van der Waals surface area (Å²) in [7, 11) is 1.63. The predicted molar refractivity (Wildman–Crippen MR) is 55.9 cm³/mol. The van der Waals surface area contributed by atoms with Crippen LogP contribution in [-0.2, 0) is 6.42 Å². The number of allylic oxidation sites excluding steroid dienone is 1. The van der Waals surface area contributed by atoms with Crippen molar-refractivity contribution in [2.24, 2.45) is 0 Å². The zero-order valence-electron chi connectivity index (χ0n) is 8.13. The second-order valence-corrected chi connectivity index (χ2v) is 3.20. The summed E-state index contributed by atoms with van der Waals surface area (Å²) in [6, 6.07) is 5.72. The van der Waals surface area contributed by atoms with Crippen molar-refractivity contribution in [3.63, 3.8) is 0 Å². The molecular weight excluding hydrogens is 162 g/mol. The van der Waals surface area contributed by atoms with Crippen LogP contribution in [0, 0.1) is 0 Å².